The van der Waals surface area contributed by atoms with Crippen molar-refractivity contribution in [1.29, 1.82) is 0 Å². The Morgan fingerprint density at radius 3 is 2.81 bits per heavy atom. The topological polar surface area (TPSA) is 67.9 Å². The quantitative estimate of drug-likeness (QED) is 0.346. The minimum Gasteiger partial charge on any atom is -0.482 e. The second-order valence-corrected chi connectivity index (χ2v) is 10.1. The monoisotopic (exact) mass is 556 g/mol. The van der Waals surface area contributed by atoms with Crippen LogP contribution in [0.2, 0.25) is 5.02 Å². The molecule has 0 spiro atoms. The van der Waals surface area contributed by atoms with E-state index in [1.165, 1.54) is 23.9 Å². The lowest BCUT2D eigenvalue weighted by Gasteiger charge is -2.18. The van der Waals surface area contributed by atoms with E-state index in [-0.39, 0.29) is 28.5 Å². The predicted octanol–water partition coefficient (Wildman–Crippen LogP) is 5.76. The number of ether oxygens (including phenoxy) is 2. The molecule has 1 N–H and O–H groups in total. The molecule has 2 saturated heterocycles. The lowest BCUT2D eigenvalue weighted by atomic mass is 10.2. The fraction of sp³-hybridized carbons (Fsp3) is 0.292. The molecule has 12 heteroatoms. The van der Waals surface area contributed by atoms with Crippen LogP contribution >= 0.6 is 35.6 Å². The van der Waals surface area contributed by atoms with Crippen LogP contribution in [0.4, 0.5) is 18.9 Å². The average Bonchev–Trinajstić information content (AvgIpc) is 3.42. The molecule has 0 radical (unpaired) electrons. The number of hydrogen-bond donors (Lipinski definition) is 1. The van der Waals surface area contributed by atoms with Crippen LogP contribution in [0.25, 0.3) is 6.08 Å². The van der Waals surface area contributed by atoms with Gasteiger partial charge < -0.3 is 14.8 Å². The highest BCUT2D eigenvalue weighted by Crippen LogP contribution is 2.35. The summed E-state index contributed by atoms with van der Waals surface area (Å²) in [6.45, 7) is 0.657. The molecule has 2 amide bonds. The van der Waals surface area contributed by atoms with E-state index in [0.717, 1.165) is 25.0 Å². The number of alkyl halides is 3. The zero-order valence-electron chi connectivity index (χ0n) is 18.6. The molecule has 0 unspecified atom stereocenters. The Kier molecular flexibility index (Phi) is 8.23. The molecule has 2 fully saturated rings. The van der Waals surface area contributed by atoms with E-state index in [1.807, 2.05) is 0 Å². The van der Waals surface area contributed by atoms with Gasteiger partial charge in [0.15, 0.2) is 6.61 Å². The number of thioether (sulfide) groups is 1. The van der Waals surface area contributed by atoms with Crippen molar-refractivity contribution >= 4 is 63.5 Å². The summed E-state index contributed by atoms with van der Waals surface area (Å²) in [5.74, 6) is -0.633. The van der Waals surface area contributed by atoms with Crippen molar-refractivity contribution in [3.63, 3.8) is 0 Å². The molecule has 0 aromatic heterocycles. The zero-order chi connectivity index (χ0) is 25.9. The van der Waals surface area contributed by atoms with Gasteiger partial charge in [0.05, 0.1) is 28.1 Å². The van der Waals surface area contributed by atoms with Crippen molar-refractivity contribution in [3.8, 4) is 5.75 Å². The Morgan fingerprint density at radius 1 is 1.31 bits per heavy atom. The molecule has 2 aliphatic heterocycles. The Labute approximate surface area is 219 Å². The van der Waals surface area contributed by atoms with E-state index in [1.54, 1.807) is 29.2 Å². The smallest absolute Gasteiger partial charge is 0.416 e. The van der Waals surface area contributed by atoms with Gasteiger partial charge in [0, 0.05) is 12.3 Å². The summed E-state index contributed by atoms with van der Waals surface area (Å²) in [6.07, 6.45) is -0.995. The van der Waals surface area contributed by atoms with E-state index in [2.05, 4.69) is 5.32 Å². The molecule has 2 aromatic carbocycles. The summed E-state index contributed by atoms with van der Waals surface area (Å²) in [4.78, 5) is 26.9. The predicted molar refractivity (Wildman–Crippen MR) is 136 cm³/mol. The largest absolute Gasteiger partial charge is 0.482 e. The van der Waals surface area contributed by atoms with E-state index in [4.69, 9.17) is 33.3 Å². The Hall–Kier alpha value is -2.60. The maximum absolute atomic E-state index is 12.8. The molecule has 6 nitrogen and oxygen atoms in total. The molecule has 1 atom stereocenters. The number of hydrogen-bond acceptors (Lipinski definition) is 6. The summed E-state index contributed by atoms with van der Waals surface area (Å²) in [7, 11) is 0. The first-order valence-corrected chi connectivity index (χ1v) is 12.5. The molecule has 2 aromatic rings. The number of nitrogens with one attached hydrogen (secondary N) is 1. The van der Waals surface area contributed by atoms with E-state index in [0.29, 0.717) is 27.9 Å². The van der Waals surface area contributed by atoms with Crippen LogP contribution in [0.3, 0.4) is 0 Å². The number of amides is 2. The van der Waals surface area contributed by atoms with Crippen molar-refractivity contribution in [3.05, 3.63) is 63.5 Å². The van der Waals surface area contributed by atoms with Gasteiger partial charge in [0.2, 0.25) is 0 Å². The highest BCUT2D eigenvalue weighted by molar-refractivity contribution is 8.26. The van der Waals surface area contributed by atoms with Gasteiger partial charge in [-0.25, -0.2) is 0 Å². The molecule has 0 bridgehead atoms. The van der Waals surface area contributed by atoms with Crippen LogP contribution < -0.4 is 10.1 Å². The number of thiocarbonyl (C=S) groups is 1. The first-order chi connectivity index (χ1) is 17.1. The molecular weight excluding hydrogens is 537 g/mol. The standard InChI is InChI=1S/C24H20ClF3N2O4S2/c25-18-9-14(10-20-22(32)30(23(35)36-20)12-17-5-2-8-33-17)6-7-19(18)34-13-21(31)29-16-4-1-3-15(11-16)24(26,27)28/h1,3-4,6-7,9-11,17H,2,5,8,12-13H2,(H,29,31)/b20-10-/t17-/m0/s1. The van der Waals surface area contributed by atoms with Crippen LogP contribution in [0.15, 0.2) is 47.4 Å². The van der Waals surface area contributed by atoms with Crippen molar-refractivity contribution in [1.82, 2.24) is 4.90 Å². The average molecular weight is 557 g/mol. The van der Waals surface area contributed by atoms with Crippen LogP contribution in [0.1, 0.15) is 24.0 Å². The van der Waals surface area contributed by atoms with Crippen molar-refractivity contribution in [2.75, 3.05) is 25.1 Å². The van der Waals surface area contributed by atoms with Gasteiger partial charge in [-0.2, -0.15) is 13.2 Å². The number of benzene rings is 2. The lowest BCUT2D eigenvalue weighted by molar-refractivity contribution is -0.137. The summed E-state index contributed by atoms with van der Waals surface area (Å²) in [6, 6.07) is 9.08. The van der Waals surface area contributed by atoms with E-state index >= 15 is 0 Å². The van der Waals surface area contributed by atoms with Gasteiger partial charge in [-0.15, -0.1) is 0 Å². The van der Waals surface area contributed by atoms with E-state index in [9.17, 15) is 22.8 Å². The Morgan fingerprint density at radius 2 is 2.11 bits per heavy atom. The van der Waals surface area contributed by atoms with Crippen molar-refractivity contribution in [2.24, 2.45) is 0 Å². The summed E-state index contributed by atoms with van der Waals surface area (Å²) >= 11 is 12.8. The summed E-state index contributed by atoms with van der Waals surface area (Å²) in [5.41, 5.74) is -0.237. The third-order valence-corrected chi connectivity index (χ3v) is 7.04. The number of nitrogens with zero attached hydrogens (tertiary/aromatic N) is 1. The van der Waals surface area contributed by atoms with Crippen LogP contribution in [0.5, 0.6) is 5.75 Å². The maximum Gasteiger partial charge on any atom is 0.416 e. The number of anilines is 1. The van der Waals surface area contributed by atoms with Gasteiger partial charge in [0.25, 0.3) is 11.8 Å². The van der Waals surface area contributed by atoms with E-state index < -0.39 is 24.3 Å². The number of carbonyl (C=O) groups is 2. The molecule has 4 rings (SSSR count). The van der Waals surface area contributed by atoms with Gasteiger partial charge in [-0.05, 0) is 54.8 Å². The van der Waals surface area contributed by atoms with Crippen molar-refractivity contribution in [2.45, 2.75) is 25.1 Å². The molecule has 0 aliphatic carbocycles. The first kappa shape index (κ1) is 26.5. The highest BCUT2D eigenvalue weighted by Gasteiger charge is 2.34. The van der Waals surface area contributed by atoms with Gasteiger partial charge in [0.1, 0.15) is 10.1 Å². The minimum atomic E-state index is -4.52. The van der Waals surface area contributed by atoms with Crippen LogP contribution in [-0.4, -0.2) is 46.9 Å². The number of rotatable bonds is 7. The lowest BCUT2D eigenvalue weighted by Crippen LogP contribution is -2.35. The van der Waals surface area contributed by atoms with Gasteiger partial charge >= 0.3 is 6.18 Å². The van der Waals surface area contributed by atoms with Crippen molar-refractivity contribution < 1.29 is 32.2 Å². The molecular formula is C24H20ClF3N2O4S2. The molecule has 0 saturated carbocycles. The third-order valence-electron chi connectivity index (χ3n) is 5.37. The summed E-state index contributed by atoms with van der Waals surface area (Å²) < 4.78 is 50.0. The Bertz CT molecular complexity index is 1220. The van der Waals surface area contributed by atoms with Gasteiger partial charge in [-0.3, -0.25) is 14.5 Å². The zero-order valence-corrected chi connectivity index (χ0v) is 21.0. The number of halogens is 4. The molecule has 190 valence electrons. The Balaban J connectivity index is 1.35. The molecule has 36 heavy (non-hydrogen) atoms. The van der Waals surface area contributed by atoms with Crippen LogP contribution in [0, 0.1) is 0 Å². The fourth-order valence-electron chi connectivity index (χ4n) is 3.64. The molecule has 2 aliphatic rings. The summed E-state index contributed by atoms with van der Waals surface area (Å²) in [5, 5.41) is 2.56. The second kappa shape index (κ2) is 11.2. The first-order valence-electron chi connectivity index (χ1n) is 10.9. The van der Waals surface area contributed by atoms with Crippen LogP contribution in [-0.2, 0) is 20.5 Å². The second-order valence-electron chi connectivity index (χ2n) is 8.03. The van der Waals surface area contributed by atoms with Gasteiger partial charge in [-0.1, -0.05) is 47.7 Å². The molecule has 2 heterocycles. The fourth-order valence-corrected chi connectivity index (χ4v) is 5.16. The third kappa shape index (κ3) is 6.58. The normalized spacial score (nSPS) is 19.3. The maximum atomic E-state index is 12.8. The SMILES string of the molecule is O=C(COc1ccc(/C=C2\SC(=S)N(C[C@@H]3CCCO3)C2=O)cc1Cl)Nc1cccc(C(F)(F)F)c1. The number of carbonyl (C=O) groups excluding carboxylic acids is 2. The highest BCUT2D eigenvalue weighted by atomic mass is 35.5. The minimum absolute atomic E-state index is 0.00308.